The summed E-state index contributed by atoms with van der Waals surface area (Å²) in [6, 6.07) is 2.90. The maximum atomic E-state index is 11.3. The van der Waals surface area contributed by atoms with Crippen LogP contribution in [0.3, 0.4) is 0 Å². The van der Waals surface area contributed by atoms with Gasteiger partial charge in [-0.1, -0.05) is 11.6 Å². The summed E-state index contributed by atoms with van der Waals surface area (Å²) in [6.07, 6.45) is 1.38. The highest BCUT2D eigenvalue weighted by Gasteiger charge is 2.07. The van der Waals surface area contributed by atoms with Crippen LogP contribution >= 0.6 is 11.6 Å². The van der Waals surface area contributed by atoms with E-state index >= 15 is 0 Å². The second-order valence-corrected chi connectivity index (χ2v) is 2.98. The maximum Gasteiger partial charge on any atom is 0.293 e. The van der Waals surface area contributed by atoms with Crippen LogP contribution in [0.1, 0.15) is 10.5 Å². The maximum absolute atomic E-state index is 11.3. The Labute approximate surface area is 90.3 Å². The number of aromatic nitrogens is 1. The van der Waals surface area contributed by atoms with E-state index in [1.54, 1.807) is 0 Å². The molecule has 0 saturated heterocycles. The summed E-state index contributed by atoms with van der Waals surface area (Å²) < 4.78 is 0. The lowest BCUT2D eigenvalue weighted by atomic mass is 10.3. The number of halogens is 1. The number of carbonyl (C=O) groups is 2. The molecule has 0 bridgehead atoms. The Bertz CT molecular complexity index is 383. The van der Waals surface area contributed by atoms with Crippen LogP contribution in [0.25, 0.3) is 0 Å². The topological polar surface area (TPSA) is 94.3 Å². The number of nitrogens with one attached hydrogen (secondary N) is 1. The van der Waals surface area contributed by atoms with Crippen molar-refractivity contribution in [3.63, 3.8) is 0 Å². The largest absolute Gasteiger partial charge is 0.368 e. The van der Waals surface area contributed by atoms with Gasteiger partial charge in [0.1, 0.15) is 5.69 Å². The molecule has 0 saturated carbocycles. The zero-order valence-electron chi connectivity index (χ0n) is 7.57. The third kappa shape index (κ3) is 3.92. The van der Waals surface area contributed by atoms with Crippen molar-refractivity contribution in [2.45, 2.75) is 0 Å². The zero-order valence-corrected chi connectivity index (χ0v) is 8.32. The Morgan fingerprint density at radius 1 is 1.60 bits per heavy atom. The molecule has 0 radical (unpaired) electrons. The predicted molar refractivity (Wildman–Crippen MR) is 51.9 cm³/mol. The molecule has 0 unspecified atom stereocenters. The van der Waals surface area contributed by atoms with Gasteiger partial charge in [-0.2, -0.15) is 0 Å². The highest BCUT2D eigenvalue weighted by molar-refractivity contribution is 6.30. The van der Waals surface area contributed by atoms with E-state index in [0.717, 1.165) is 0 Å². The summed E-state index contributed by atoms with van der Waals surface area (Å²) >= 11 is 5.64. The zero-order chi connectivity index (χ0) is 11.3. The third-order valence-electron chi connectivity index (χ3n) is 1.33. The fraction of sp³-hybridized carbons (Fsp3) is 0.125. The highest BCUT2D eigenvalue weighted by atomic mass is 35.5. The van der Waals surface area contributed by atoms with Crippen molar-refractivity contribution in [3.8, 4) is 0 Å². The first-order valence-corrected chi connectivity index (χ1v) is 4.29. The average molecular weight is 230 g/mol. The van der Waals surface area contributed by atoms with E-state index in [-0.39, 0.29) is 5.69 Å². The number of carbonyl (C=O) groups excluding carboxylic acids is 2. The summed E-state index contributed by atoms with van der Waals surface area (Å²) in [5.41, 5.74) is 6.88. The third-order valence-corrected chi connectivity index (χ3v) is 1.57. The number of nitrogens with two attached hydrogens (primary N) is 1. The summed E-state index contributed by atoms with van der Waals surface area (Å²) in [4.78, 5) is 29.8. The lowest BCUT2D eigenvalue weighted by molar-refractivity contribution is -0.124. The number of hydrogen-bond donors (Lipinski definition) is 2. The lowest BCUT2D eigenvalue weighted by Crippen LogP contribution is -2.29. The van der Waals surface area contributed by atoms with E-state index < -0.39 is 18.4 Å². The first-order chi connectivity index (χ1) is 7.09. The minimum Gasteiger partial charge on any atom is -0.368 e. The number of pyridine rings is 1. The average Bonchev–Trinajstić information content (AvgIpc) is 2.17. The Morgan fingerprint density at radius 3 is 2.93 bits per heavy atom. The molecule has 2 amide bonds. The predicted octanol–water partition coefficient (Wildman–Crippen LogP) is -0.118. The van der Waals surface area contributed by atoms with E-state index in [1.165, 1.54) is 18.3 Å². The van der Waals surface area contributed by atoms with Crippen LogP contribution in [0.2, 0.25) is 5.02 Å². The van der Waals surface area contributed by atoms with Gasteiger partial charge in [0.25, 0.3) is 5.91 Å². The van der Waals surface area contributed by atoms with Gasteiger partial charge in [-0.25, -0.2) is 5.48 Å². The van der Waals surface area contributed by atoms with Gasteiger partial charge in [-0.15, -0.1) is 0 Å². The van der Waals surface area contributed by atoms with Gasteiger partial charge in [-0.05, 0) is 12.1 Å². The van der Waals surface area contributed by atoms with Crippen LogP contribution in [0.15, 0.2) is 18.3 Å². The summed E-state index contributed by atoms with van der Waals surface area (Å²) in [5, 5.41) is 0.380. The summed E-state index contributed by atoms with van der Waals surface area (Å²) in [7, 11) is 0. The molecule has 15 heavy (non-hydrogen) atoms. The van der Waals surface area contributed by atoms with Crippen molar-refractivity contribution in [1.29, 1.82) is 0 Å². The smallest absolute Gasteiger partial charge is 0.293 e. The van der Waals surface area contributed by atoms with Gasteiger partial charge in [0.2, 0.25) is 5.91 Å². The monoisotopic (exact) mass is 229 g/mol. The first-order valence-electron chi connectivity index (χ1n) is 3.91. The highest BCUT2D eigenvalue weighted by Crippen LogP contribution is 2.07. The number of rotatable bonds is 4. The minimum atomic E-state index is -0.686. The molecular formula is C8H8ClN3O3. The van der Waals surface area contributed by atoms with E-state index in [1.807, 2.05) is 5.48 Å². The van der Waals surface area contributed by atoms with Crippen LogP contribution in [-0.2, 0) is 9.63 Å². The molecule has 6 nitrogen and oxygen atoms in total. The SMILES string of the molecule is NC(=O)CONC(=O)c1cc(Cl)ccn1. The van der Waals surface area contributed by atoms with Crippen LogP contribution in [0.4, 0.5) is 0 Å². The normalized spacial score (nSPS) is 9.67. The van der Waals surface area contributed by atoms with E-state index in [2.05, 4.69) is 9.82 Å². The lowest BCUT2D eigenvalue weighted by Gasteiger charge is -2.03. The molecule has 0 aliphatic carbocycles. The second kappa shape index (κ2) is 5.28. The van der Waals surface area contributed by atoms with Crippen molar-refractivity contribution in [2.75, 3.05) is 6.61 Å². The van der Waals surface area contributed by atoms with Gasteiger partial charge in [0.05, 0.1) is 0 Å². The Balaban J connectivity index is 2.50. The van der Waals surface area contributed by atoms with Gasteiger partial charge < -0.3 is 5.73 Å². The molecule has 0 spiro atoms. The summed E-state index contributed by atoms with van der Waals surface area (Å²) in [5.74, 6) is -1.28. The van der Waals surface area contributed by atoms with Crippen LogP contribution in [-0.4, -0.2) is 23.4 Å². The molecule has 0 aliphatic rings. The number of nitrogens with zero attached hydrogens (tertiary/aromatic N) is 1. The number of primary amides is 1. The van der Waals surface area contributed by atoms with E-state index in [4.69, 9.17) is 17.3 Å². The quantitative estimate of drug-likeness (QED) is 0.704. The number of amides is 2. The molecule has 0 aliphatic heterocycles. The first kappa shape index (κ1) is 11.4. The van der Waals surface area contributed by atoms with Crippen molar-refractivity contribution in [3.05, 3.63) is 29.0 Å². The minimum absolute atomic E-state index is 0.0898. The fourth-order valence-electron chi connectivity index (χ4n) is 0.754. The fourth-order valence-corrected chi connectivity index (χ4v) is 0.914. The molecule has 80 valence electrons. The van der Waals surface area contributed by atoms with Crippen LogP contribution in [0.5, 0.6) is 0 Å². The van der Waals surface area contributed by atoms with Gasteiger partial charge >= 0.3 is 0 Å². The second-order valence-electron chi connectivity index (χ2n) is 2.55. The molecule has 0 atom stereocenters. The van der Waals surface area contributed by atoms with Gasteiger partial charge in [-0.3, -0.25) is 19.4 Å². The van der Waals surface area contributed by atoms with Crippen LogP contribution < -0.4 is 11.2 Å². The molecule has 0 fully saturated rings. The van der Waals surface area contributed by atoms with E-state index in [9.17, 15) is 9.59 Å². The molecular weight excluding hydrogens is 222 g/mol. The standard InChI is InChI=1S/C8H8ClN3O3/c9-5-1-2-11-6(3-5)8(14)12-15-4-7(10)13/h1-3H,4H2,(H2,10,13)(H,12,14). The molecule has 1 aromatic heterocycles. The van der Waals surface area contributed by atoms with Crippen LogP contribution in [0, 0.1) is 0 Å². The van der Waals surface area contributed by atoms with Gasteiger partial charge in [0, 0.05) is 11.2 Å². The molecule has 1 aromatic rings. The molecule has 0 aromatic carbocycles. The van der Waals surface area contributed by atoms with E-state index in [0.29, 0.717) is 5.02 Å². The van der Waals surface area contributed by atoms with Crippen molar-refractivity contribution in [1.82, 2.24) is 10.5 Å². The Kier molecular flexibility index (Phi) is 4.02. The Hall–Kier alpha value is -1.66. The van der Waals surface area contributed by atoms with Gasteiger partial charge in [0.15, 0.2) is 6.61 Å². The summed E-state index contributed by atoms with van der Waals surface area (Å²) in [6.45, 7) is -0.397. The molecule has 3 N–H and O–H groups in total. The van der Waals surface area contributed by atoms with Crippen molar-refractivity contribution < 1.29 is 14.4 Å². The molecule has 7 heteroatoms. The molecule has 1 rings (SSSR count). The number of hydroxylamine groups is 1. The number of hydrogen-bond acceptors (Lipinski definition) is 4. The molecule has 1 heterocycles. The Morgan fingerprint density at radius 2 is 2.33 bits per heavy atom. The van der Waals surface area contributed by atoms with Crippen molar-refractivity contribution >= 4 is 23.4 Å². The van der Waals surface area contributed by atoms with Crippen molar-refractivity contribution in [2.24, 2.45) is 5.73 Å².